The molecule has 0 radical (unpaired) electrons. The molecule has 0 aromatic carbocycles. The maximum atomic E-state index is 11.9. The number of anilines is 1. The average Bonchev–Trinajstić information content (AvgIpc) is 2.80. The molecular weight excluding hydrogens is 286 g/mol. The van der Waals surface area contributed by atoms with Crippen LogP contribution in [0.4, 0.5) is 5.69 Å². The lowest BCUT2D eigenvalue weighted by Crippen LogP contribution is -2.32. The Morgan fingerprint density at radius 2 is 2.25 bits per heavy atom. The molecule has 108 valence electrons. The quantitative estimate of drug-likeness (QED) is 0.734. The predicted molar refractivity (Wildman–Crippen MR) is 69.4 cm³/mol. The third-order valence-electron chi connectivity index (χ3n) is 3.01. The summed E-state index contributed by atoms with van der Waals surface area (Å²) in [7, 11) is -2.62. The van der Waals surface area contributed by atoms with Crippen LogP contribution >= 0.6 is 0 Å². The van der Waals surface area contributed by atoms with Crippen molar-refractivity contribution in [3.05, 3.63) is 24.0 Å². The number of sulfonamides is 1. The average molecular weight is 299 g/mol. The molecular formula is C11H13N3O5S. The van der Waals surface area contributed by atoms with Gasteiger partial charge in [0, 0.05) is 19.2 Å². The van der Waals surface area contributed by atoms with Gasteiger partial charge in [-0.2, -0.15) is 0 Å². The van der Waals surface area contributed by atoms with Crippen molar-refractivity contribution in [1.82, 2.24) is 4.98 Å². The molecule has 8 nitrogen and oxygen atoms in total. The number of amides is 1. The van der Waals surface area contributed by atoms with E-state index in [1.165, 1.54) is 24.3 Å². The number of nitrogens with zero attached hydrogens (tertiary/aromatic N) is 2. The normalized spacial score (nSPS) is 19.2. The first kappa shape index (κ1) is 14.4. The van der Waals surface area contributed by atoms with Gasteiger partial charge in [0.15, 0.2) is 5.69 Å². The SMILES string of the molecule is COC(=O)c1ncccc1N1CC(S(N)(=O)=O)CC1=O. The molecule has 2 N–H and O–H groups in total. The molecule has 2 rings (SSSR count). The fourth-order valence-electron chi connectivity index (χ4n) is 2.00. The molecule has 0 bridgehead atoms. The molecule has 1 aliphatic heterocycles. The Hall–Kier alpha value is -2.00. The van der Waals surface area contributed by atoms with Crippen LogP contribution in [0.5, 0.6) is 0 Å². The molecule has 0 saturated carbocycles. The van der Waals surface area contributed by atoms with Gasteiger partial charge < -0.3 is 9.64 Å². The Morgan fingerprint density at radius 3 is 2.80 bits per heavy atom. The summed E-state index contributed by atoms with van der Waals surface area (Å²) >= 11 is 0. The summed E-state index contributed by atoms with van der Waals surface area (Å²) in [5, 5.41) is 4.07. The lowest BCUT2D eigenvalue weighted by molar-refractivity contribution is -0.117. The van der Waals surface area contributed by atoms with Crippen LogP contribution in [-0.2, 0) is 19.6 Å². The first-order valence-electron chi connectivity index (χ1n) is 5.70. The minimum Gasteiger partial charge on any atom is -0.464 e. The monoisotopic (exact) mass is 299 g/mol. The summed E-state index contributed by atoms with van der Waals surface area (Å²) in [5.74, 6) is -1.13. The fraction of sp³-hybridized carbons (Fsp3) is 0.364. The summed E-state index contributed by atoms with van der Waals surface area (Å²) in [5.41, 5.74) is 0.175. The lowest BCUT2D eigenvalue weighted by atomic mass is 10.2. The Labute approximate surface area is 115 Å². The summed E-state index contributed by atoms with van der Waals surface area (Å²) < 4.78 is 27.2. The van der Waals surface area contributed by atoms with E-state index in [0.717, 1.165) is 0 Å². The number of primary sulfonamides is 1. The third kappa shape index (κ3) is 2.63. The molecule has 1 fully saturated rings. The van der Waals surface area contributed by atoms with Crippen LogP contribution in [-0.4, -0.2) is 44.2 Å². The van der Waals surface area contributed by atoms with Crippen LogP contribution in [0.2, 0.25) is 0 Å². The van der Waals surface area contributed by atoms with E-state index in [4.69, 9.17) is 5.14 Å². The molecule has 1 saturated heterocycles. The van der Waals surface area contributed by atoms with Crippen LogP contribution in [0.1, 0.15) is 16.9 Å². The Kier molecular flexibility index (Phi) is 3.73. The molecule has 0 spiro atoms. The number of ether oxygens (including phenoxy) is 1. The van der Waals surface area contributed by atoms with Crippen molar-refractivity contribution in [3.8, 4) is 0 Å². The van der Waals surface area contributed by atoms with E-state index in [0.29, 0.717) is 0 Å². The van der Waals surface area contributed by atoms with Gasteiger partial charge >= 0.3 is 5.97 Å². The zero-order chi connectivity index (χ0) is 14.9. The largest absolute Gasteiger partial charge is 0.464 e. The number of aromatic nitrogens is 1. The first-order chi connectivity index (χ1) is 9.34. The lowest BCUT2D eigenvalue weighted by Gasteiger charge is -2.18. The van der Waals surface area contributed by atoms with Gasteiger partial charge in [-0.15, -0.1) is 0 Å². The molecule has 1 aromatic heterocycles. The van der Waals surface area contributed by atoms with E-state index in [-0.39, 0.29) is 24.3 Å². The summed E-state index contributed by atoms with van der Waals surface area (Å²) in [6.45, 7) is -0.104. The van der Waals surface area contributed by atoms with Crippen LogP contribution in [0, 0.1) is 0 Å². The fourth-order valence-corrected chi connectivity index (χ4v) is 2.73. The van der Waals surface area contributed by atoms with Gasteiger partial charge in [-0.05, 0) is 12.1 Å². The van der Waals surface area contributed by atoms with Crippen molar-refractivity contribution in [1.29, 1.82) is 0 Å². The topological polar surface area (TPSA) is 120 Å². The smallest absolute Gasteiger partial charge is 0.358 e. The van der Waals surface area contributed by atoms with Gasteiger partial charge in [0.25, 0.3) is 0 Å². The van der Waals surface area contributed by atoms with Gasteiger partial charge in [0.1, 0.15) is 5.25 Å². The van der Waals surface area contributed by atoms with Gasteiger partial charge in [-0.25, -0.2) is 23.3 Å². The van der Waals surface area contributed by atoms with E-state index in [1.807, 2.05) is 0 Å². The van der Waals surface area contributed by atoms with Crippen molar-refractivity contribution < 1.29 is 22.7 Å². The number of nitrogens with two attached hydrogens (primary N) is 1. The molecule has 20 heavy (non-hydrogen) atoms. The zero-order valence-electron chi connectivity index (χ0n) is 10.6. The van der Waals surface area contributed by atoms with Crippen molar-refractivity contribution in [2.24, 2.45) is 5.14 Å². The Bertz CT molecular complexity index is 658. The standard InChI is InChI=1S/C11H13N3O5S/c1-19-11(16)10-8(3-2-4-13-10)14-6-7(5-9(14)15)20(12,17)18/h2-4,7H,5-6H2,1H3,(H2,12,17,18). The van der Waals surface area contributed by atoms with E-state index >= 15 is 0 Å². The molecule has 1 atom stereocenters. The van der Waals surface area contributed by atoms with Gasteiger partial charge in [-0.1, -0.05) is 0 Å². The summed E-state index contributed by atoms with van der Waals surface area (Å²) in [4.78, 5) is 28.6. The van der Waals surface area contributed by atoms with E-state index < -0.39 is 27.1 Å². The zero-order valence-corrected chi connectivity index (χ0v) is 11.5. The van der Waals surface area contributed by atoms with E-state index in [2.05, 4.69) is 9.72 Å². The number of carbonyl (C=O) groups is 2. The maximum absolute atomic E-state index is 11.9. The van der Waals surface area contributed by atoms with E-state index in [9.17, 15) is 18.0 Å². The molecule has 0 aliphatic carbocycles. The first-order valence-corrected chi connectivity index (χ1v) is 7.31. The second-order valence-corrected chi connectivity index (χ2v) is 6.13. The molecule has 1 aliphatic rings. The minimum atomic E-state index is -3.81. The molecule has 9 heteroatoms. The highest BCUT2D eigenvalue weighted by Gasteiger charge is 2.38. The number of pyridine rings is 1. The van der Waals surface area contributed by atoms with Gasteiger partial charge in [0.05, 0.1) is 12.8 Å². The predicted octanol–water partition coefficient (Wildman–Crippen LogP) is -0.738. The van der Waals surface area contributed by atoms with Crippen molar-refractivity contribution in [2.45, 2.75) is 11.7 Å². The second kappa shape index (κ2) is 5.17. The summed E-state index contributed by atoms with van der Waals surface area (Å²) in [6, 6.07) is 3.04. The Balaban J connectivity index is 2.38. The summed E-state index contributed by atoms with van der Waals surface area (Å²) in [6.07, 6.45) is 1.17. The second-order valence-electron chi connectivity index (χ2n) is 4.28. The number of esters is 1. The number of hydrogen-bond acceptors (Lipinski definition) is 6. The van der Waals surface area contributed by atoms with Crippen LogP contribution in [0.15, 0.2) is 18.3 Å². The van der Waals surface area contributed by atoms with E-state index in [1.54, 1.807) is 6.07 Å². The highest BCUT2D eigenvalue weighted by atomic mass is 32.2. The number of carbonyl (C=O) groups excluding carboxylic acids is 2. The van der Waals surface area contributed by atoms with Crippen molar-refractivity contribution >= 4 is 27.6 Å². The maximum Gasteiger partial charge on any atom is 0.358 e. The van der Waals surface area contributed by atoms with Crippen molar-refractivity contribution in [3.63, 3.8) is 0 Å². The van der Waals surface area contributed by atoms with Crippen LogP contribution in [0.25, 0.3) is 0 Å². The van der Waals surface area contributed by atoms with Gasteiger partial charge in [0.2, 0.25) is 15.9 Å². The highest BCUT2D eigenvalue weighted by Crippen LogP contribution is 2.26. The molecule has 1 amide bonds. The van der Waals surface area contributed by atoms with Gasteiger partial charge in [-0.3, -0.25) is 4.79 Å². The minimum absolute atomic E-state index is 0.0431. The molecule has 1 unspecified atom stereocenters. The molecule has 2 heterocycles. The molecule has 1 aromatic rings. The highest BCUT2D eigenvalue weighted by molar-refractivity contribution is 7.89. The Morgan fingerprint density at radius 1 is 1.55 bits per heavy atom. The van der Waals surface area contributed by atoms with Crippen LogP contribution < -0.4 is 10.0 Å². The number of rotatable bonds is 3. The number of hydrogen-bond donors (Lipinski definition) is 1. The third-order valence-corrected chi connectivity index (χ3v) is 4.26. The van der Waals surface area contributed by atoms with Crippen LogP contribution in [0.3, 0.4) is 0 Å². The number of methoxy groups -OCH3 is 1. The van der Waals surface area contributed by atoms with Crippen molar-refractivity contribution in [2.75, 3.05) is 18.6 Å².